The van der Waals surface area contributed by atoms with Crippen LogP contribution in [0.1, 0.15) is 21.7 Å². The summed E-state index contributed by atoms with van der Waals surface area (Å²) in [5.74, 6) is -0.370. The molecule has 0 unspecified atom stereocenters. The molecule has 4 N–H and O–H groups in total. The van der Waals surface area contributed by atoms with E-state index in [-0.39, 0.29) is 17.3 Å². The van der Waals surface area contributed by atoms with E-state index in [0.717, 1.165) is 13.1 Å². The van der Waals surface area contributed by atoms with E-state index in [4.69, 9.17) is 33.7 Å². The number of quaternary nitrogens is 1. The number of nitrogens with two attached hydrogens (primary N) is 1. The molecular formula is C17H18Cl2N9O3+. The highest BCUT2D eigenvalue weighted by Crippen LogP contribution is 2.24. The van der Waals surface area contributed by atoms with Crippen LogP contribution in [0.4, 0.5) is 5.82 Å². The lowest BCUT2D eigenvalue weighted by Crippen LogP contribution is -3.12. The lowest BCUT2D eigenvalue weighted by molar-refractivity contribution is -0.921. The largest absolute Gasteiger partial charge is 0.378 e. The van der Waals surface area contributed by atoms with Gasteiger partial charge < -0.3 is 15.4 Å². The third-order valence-electron chi connectivity index (χ3n) is 4.64. The second-order valence-electron chi connectivity index (χ2n) is 6.65. The van der Waals surface area contributed by atoms with Crippen molar-refractivity contribution in [2.24, 2.45) is 5.10 Å². The van der Waals surface area contributed by atoms with Gasteiger partial charge in [0.15, 0.2) is 5.69 Å². The van der Waals surface area contributed by atoms with Gasteiger partial charge in [-0.3, -0.25) is 4.79 Å². The van der Waals surface area contributed by atoms with Crippen LogP contribution in [0, 0.1) is 0 Å². The Balaban J connectivity index is 1.58. The number of aromatic nitrogens is 5. The van der Waals surface area contributed by atoms with Gasteiger partial charge in [-0.25, -0.2) is 10.1 Å². The molecule has 1 aromatic carbocycles. The number of anilines is 1. The fourth-order valence-corrected chi connectivity index (χ4v) is 3.41. The molecule has 3 aromatic rings. The van der Waals surface area contributed by atoms with Crippen LogP contribution in [0.25, 0.3) is 5.82 Å². The third-order valence-corrected chi connectivity index (χ3v) is 5.48. The minimum Gasteiger partial charge on any atom is -0.378 e. The molecule has 1 aliphatic rings. The minimum absolute atomic E-state index is 0.0312. The van der Waals surface area contributed by atoms with Gasteiger partial charge in [-0.1, -0.05) is 40.5 Å². The van der Waals surface area contributed by atoms with E-state index in [1.807, 2.05) is 0 Å². The average Bonchev–Trinajstić information content (AvgIpc) is 3.37. The maximum absolute atomic E-state index is 12.8. The Labute approximate surface area is 185 Å². The molecule has 14 heteroatoms. The van der Waals surface area contributed by atoms with Crippen LogP contribution in [-0.2, 0) is 11.3 Å². The summed E-state index contributed by atoms with van der Waals surface area (Å²) in [6, 6.07) is 5.10. The van der Waals surface area contributed by atoms with Crippen LogP contribution in [0.5, 0.6) is 0 Å². The van der Waals surface area contributed by atoms with E-state index in [0.29, 0.717) is 41.1 Å². The number of benzene rings is 1. The maximum atomic E-state index is 12.8. The number of rotatable bonds is 6. The molecule has 2 aromatic heterocycles. The number of morpholine rings is 1. The number of carbonyl (C=O) groups is 1. The number of amides is 1. The second kappa shape index (κ2) is 9.39. The summed E-state index contributed by atoms with van der Waals surface area (Å²) in [4.78, 5) is 14.0. The summed E-state index contributed by atoms with van der Waals surface area (Å²) in [6.07, 6.45) is 1.39. The van der Waals surface area contributed by atoms with Gasteiger partial charge in [0.05, 0.1) is 29.5 Å². The molecule has 31 heavy (non-hydrogen) atoms. The van der Waals surface area contributed by atoms with Crippen molar-refractivity contribution in [3.05, 3.63) is 45.2 Å². The fourth-order valence-electron chi connectivity index (χ4n) is 3.05. The van der Waals surface area contributed by atoms with Crippen molar-refractivity contribution < 1.29 is 19.1 Å². The summed E-state index contributed by atoms with van der Waals surface area (Å²) >= 11 is 12.1. The van der Waals surface area contributed by atoms with Gasteiger partial charge >= 0.3 is 0 Å². The van der Waals surface area contributed by atoms with Crippen molar-refractivity contribution in [2.75, 3.05) is 32.0 Å². The first-order chi connectivity index (χ1) is 15.0. The van der Waals surface area contributed by atoms with Gasteiger partial charge in [-0.2, -0.15) is 9.78 Å². The molecule has 12 nitrogen and oxygen atoms in total. The zero-order chi connectivity index (χ0) is 21.8. The predicted octanol–water partition coefficient (Wildman–Crippen LogP) is -0.282. The second-order valence-corrected chi connectivity index (χ2v) is 7.44. The van der Waals surface area contributed by atoms with E-state index in [1.54, 1.807) is 18.2 Å². The van der Waals surface area contributed by atoms with Crippen molar-refractivity contribution in [1.29, 1.82) is 0 Å². The predicted molar refractivity (Wildman–Crippen MR) is 110 cm³/mol. The third kappa shape index (κ3) is 4.66. The quantitative estimate of drug-likeness (QED) is 0.331. The van der Waals surface area contributed by atoms with Crippen molar-refractivity contribution in [3.8, 4) is 5.82 Å². The number of halogens is 2. The standard InChI is InChI=1S/C17H17Cl2N9O3/c18-11-3-1-2-10(13(11)19)8-21-23-17(29)14-12(9-27-4-6-30-7-5-27)28(26-22-14)16-15(20)24-31-25-16/h1-3,8H,4-7,9H2,(H2,20,24)(H,23,29)/p+1. The van der Waals surface area contributed by atoms with Crippen molar-refractivity contribution in [2.45, 2.75) is 6.54 Å². The summed E-state index contributed by atoms with van der Waals surface area (Å²) in [7, 11) is 0. The molecule has 1 saturated heterocycles. The molecule has 1 aliphatic heterocycles. The number of nitrogens with one attached hydrogen (secondary N) is 2. The minimum atomic E-state index is -0.557. The topological polar surface area (TPSA) is 151 Å². The van der Waals surface area contributed by atoms with E-state index >= 15 is 0 Å². The zero-order valence-corrected chi connectivity index (χ0v) is 17.6. The molecule has 0 atom stereocenters. The van der Waals surface area contributed by atoms with E-state index < -0.39 is 5.91 Å². The lowest BCUT2D eigenvalue weighted by Gasteiger charge is -2.23. The summed E-state index contributed by atoms with van der Waals surface area (Å²) in [5, 5.41) is 20.0. The Kier molecular flexibility index (Phi) is 6.42. The number of ether oxygens (including phenoxy) is 1. The Morgan fingerprint density at radius 3 is 2.87 bits per heavy atom. The summed E-state index contributed by atoms with van der Waals surface area (Å²) in [5.41, 5.74) is 9.36. The van der Waals surface area contributed by atoms with Gasteiger partial charge in [-0.05, 0) is 16.4 Å². The molecule has 4 rings (SSSR count). The maximum Gasteiger partial charge on any atom is 0.294 e. The number of hydrogen-bond donors (Lipinski definition) is 3. The highest BCUT2D eigenvalue weighted by Gasteiger charge is 2.28. The molecule has 0 aliphatic carbocycles. The Bertz CT molecular complexity index is 1110. The normalized spacial score (nSPS) is 14.9. The molecule has 3 heterocycles. The van der Waals surface area contributed by atoms with Crippen LogP contribution < -0.4 is 16.1 Å². The molecule has 0 spiro atoms. The highest BCUT2D eigenvalue weighted by atomic mass is 35.5. The molecule has 0 bridgehead atoms. The van der Waals surface area contributed by atoms with Crippen LogP contribution in [0.15, 0.2) is 27.9 Å². The number of hydrogen-bond acceptors (Lipinski definition) is 9. The SMILES string of the molecule is Nc1nonc1-n1nnc(C(=O)NN=Cc2cccc(Cl)c2Cl)c1C[NH+]1CCOCC1. The van der Waals surface area contributed by atoms with Crippen molar-refractivity contribution >= 4 is 41.1 Å². The first-order valence-electron chi connectivity index (χ1n) is 9.26. The van der Waals surface area contributed by atoms with E-state index in [1.165, 1.54) is 15.8 Å². The molecule has 162 valence electrons. The number of carbonyl (C=O) groups excluding carboxylic acids is 1. The van der Waals surface area contributed by atoms with Crippen LogP contribution in [0.2, 0.25) is 10.0 Å². The van der Waals surface area contributed by atoms with Crippen LogP contribution in [0.3, 0.4) is 0 Å². The Morgan fingerprint density at radius 1 is 1.32 bits per heavy atom. The first kappa shape index (κ1) is 21.2. The van der Waals surface area contributed by atoms with E-state index in [2.05, 4.69) is 35.8 Å². The number of nitrogens with zero attached hydrogens (tertiary/aromatic N) is 6. The van der Waals surface area contributed by atoms with Gasteiger partial charge in [0.25, 0.3) is 5.91 Å². The zero-order valence-electron chi connectivity index (χ0n) is 16.1. The Morgan fingerprint density at radius 2 is 2.13 bits per heavy atom. The van der Waals surface area contributed by atoms with Crippen molar-refractivity contribution in [3.63, 3.8) is 0 Å². The van der Waals surface area contributed by atoms with Gasteiger partial charge in [0.1, 0.15) is 25.3 Å². The van der Waals surface area contributed by atoms with Crippen molar-refractivity contribution in [1.82, 2.24) is 30.7 Å². The van der Waals surface area contributed by atoms with Gasteiger partial charge in [0, 0.05) is 5.56 Å². The average molecular weight is 467 g/mol. The van der Waals surface area contributed by atoms with Crippen LogP contribution in [-0.4, -0.2) is 63.7 Å². The highest BCUT2D eigenvalue weighted by molar-refractivity contribution is 6.43. The smallest absolute Gasteiger partial charge is 0.294 e. The fraction of sp³-hybridized carbons (Fsp3) is 0.294. The molecule has 0 saturated carbocycles. The molecule has 0 radical (unpaired) electrons. The molecule has 1 fully saturated rings. The number of hydrazone groups is 1. The summed E-state index contributed by atoms with van der Waals surface area (Å²) < 4.78 is 11.4. The molecular weight excluding hydrogens is 449 g/mol. The van der Waals surface area contributed by atoms with Crippen LogP contribution >= 0.6 is 23.2 Å². The molecule has 1 amide bonds. The monoisotopic (exact) mass is 466 g/mol. The lowest BCUT2D eigenvalue weighted by atomic mass is 10.2. The van der Waals surface area contributed by atoms with Gasteiger partial charge in [0.2, 0.25) is 11.6 Å². The number of nitrogen functional groups attached to an aromatic ring is 1. The van der Waals surface area contributed by atoms with Gasteiger partial charge in [-0.15, -0.1) is 5.10 Å². The Hall–Kier alpha value is -3.06. The van der Waals surface area contributed by atoms with E-state index in [9.17, 15) is 4.79 Å². The summed E-state index contributed by atoms with van der Waals surface area (Å²) in [6.45, 7) is 3.22. The first-order valence-corrected chi connectivity index (χ1v) is 10.0.